The fourth-order valence-corrected chi connectivity index (χ4v) is 2.52. The lowest BCUT2D eigenvalue weighted by Crippen LogP contribution is -2.25. The van der Waals surface area contributed by atoms with Crippen molar-refractivity contribution in [1.82, 2.24) is 24.9 Å². The standard InChI is InChI=1S/C13H18BrN5O/c1-4-18-9(3)10(6-16-18)13(20)15-8-12-11(14)7-17-19(12)5-2/h6-7H,4-5,8H2,1-3H3,(H,15,20). The van der Waals surface area contributed by atoms with Crippen LogP contribution in [0.15, 0.2) is 16.9 Å². The van der Waals surface area contributed by atoms with Crippen LogP contribution < -0.4 is 5.32 Å². The third-order valence-electron chi connectivity index (χ3n) is 3.26. The van der Waals surface area contributed by atoms with Crippen LogP contribution in [-0.2, 0) is 19.6 Å². The predicted molar refractivity (Wildman–Crippen MR) is 79.4 cm³/mol. The molecule has 0 aliphatic carbocycles. The van der Waals surface area contributed by atoms with Gasteiger partial charge in [-0.05, 0) is 36.7 Å². The summed E-state index contributed by atoms with van der Waals surface area (Å²) < 4.78 is 4.56. The number of hydrogen-bond acceptors (Lipinski definition) is 3. The predicted octanol–water partition coefficient (Wildman–Crippen LogP) is 2.12. The Morgan fingerprint density at radius 1 is 1.25 bits per heavy atom. The van der Waals surface area contributed by atoms with E-state index in [-0.39, 0.29) is 5.91 Å². The normalized spacial score (nSPS) is 10.8. The number of nitrogens with one attached hydrogen (secondary N) is 1. The number of aryl methyl sites for hydroxylation is 2. The highest BCUT2D eigenvalue weighted by atomic mass is 79.9. The molecule has 0 atom stereocenters. The first-order chi connectivity index (χ1) is 9.58. The number of halogens is 1. The Labute approximate surface area is 126 Å². The van der Waals surface area contributed by atoms with E-state index < -0.39 is 0 Å². The van der Waals surface area contributed by atoms with Crippen molar-refractivity contribution >= 4 is 21.8 Å². The van der Waals surface area contributed by atoms with Gasteiger partial charge in [0.05, 0.1) is 34.7 Å². The van der Waals surface area contributed by atoms with E-state index in [1.54, 1.807) is 17.1 Å². The summed E-state index contributed by atoms with van der Waals surface area (Å²) in [6, 6.07) is 0. The van der Waals surface area contributed by atoms with Gasteiger partial charge in [-0.2, -0.15) is 10.2 Å². The molecule has 0 fully saturated rings. The minimum Gasteiger partial charge on any atom is -0.346 e. The van der Waals surface area contributed by atoms with Crippen LogP contribution in [0.4, 0.5) is 0 Å². The molecule has 0 aliphatic heterocycles. The maximum absolute atomic E-state index is 12.2. The summed E-state index contributed by atoms with van der Waals surface area (Å²) in [4.78, 5) is 12.2. The third-order valence-corrected chi connectivity index (χ3v) is 3.92. The van der Waals surface area contributed by atoms with Gasteiger partial charge in [-0.3, -0.25) is 14.2 Å². The molecule has 20 heavy (non-hydrogen) atoms. The Balaban J connectivity index is 2.08. The topological polar surface area (TPSA) is 64.7 Å². The van der Waals surface area contributed by atoms with Crippen LogP contribution in [-0.4, -0.2) is 25.5 Å². The minimum absolute atomic E-state index is 0.113. The van der Waals surface area contributed by atoms with Gasteiger partial charge < -0.3 is 5.32 Å². The van der Waals surface area contributed by atoms with Gasteiger partial charge in [0.15, 0.2) is 0 Å². The highest BCUT2D eigenvalue weighted by Gasteiger charge is 2.15. The number of amides is 1. The lowest BCUT2D eigenvalue weighted by atomic mass is 10.2. The van der Waals surface area contributed by atoms with Gasteiger partial charge in [0.2, 0.25) is 0 Å². The van der Waals surface area contributed by atoms with Crippen molar-refractivity contribution in [1.29, 1.82) is 0 Å². The van der Waals surface area contributed by atoms with Crippen LogP contribution in [0.2, 0.25) is 0 Å². The van der Waals surface area contributed by atoms with E-state index >= 15 is 0 Å². The molecular formula is C13H18BrN5O. The number of nitrogens with zero attached hydrogens (tertiary/aromatic N) is 4. The molecule has 6 nitrogen and oxygen atoms in total. The highest BCUT2D eigenvalue weighted by Crippen LogP contribution is 2.16. The molecule has 0 radical (unpaired) electrons. The van der Waals surface area contributed by atoms with Crippen LogP contribution in [0.25, 0.3) is 0 Å². The van der Waals surface area contributed by atoms with Gasteiger partial charge in [0, 0.05) is 18.8 Å². The van der Waals surface area contributed by atoms with E-state index in [9.17, 15) is 4.79 Å². The summed E-state index contributed by atoms with van der Waals surface area (Å²) in [5.74, 6) is -0.113. The molecule has 2 heterocycles. The van der Waals surface area contributed by atoms with Crippen LogP contribution in [0.5, 0.6) is 0 Å². The third kappa shape index (κ3) is 2.77. The second kappa shape index (κ2) is 6.21. The summed E-state index contributed by atoms with van der Waals surface area (Å²) in [7, 11) is 0. The van der Waals surface area contributed by atoms with E-state index in [0.29, 0.717) is 12.1 Å². The molecule has 2 aromatic rings. The van der Waals surface area contributed by atoms with E-state index in [2.05, 4.69) is 31.4 Å². The van der Waals surface area contributed by atoms with Gasteiger partial charge in [-0.25, -0.2) is 0 Å². The monoisotopic (exact) mass is 339 g/mol. The summed E-state index contributed by atoms with van der Waals surface area (Å²) in [6.45, 7) is 7.87. The second-order valence-corrected chi connectivity index (χ2v) is 5.25. The summed E-state index contributed by atoms with van der Waals surface area (Å²) in [5.41, 5.74) is 2.46. The van der Waals surface area contributed by atoms with Crippen molar-refractivity contribution in [3.05, 3.63) is 33.8 Å². The fourth-order valence-electron chi connectivity index (χ4n) is 2.08. The number of carbonyl (C=O) groups excluding carboxylic acids is 1. The average Bonchev–Trinajstić information content (AvgIpc) is 2.99. The lowest BCUT2D eigenvalue weighted by molar-refractivity contribution is 0.0949. The molecule has 0 unspecified atom stereocenters. The van der Waals surface area contributed by atoms with Crippen molar-refractivity contribution < 1.29 is 4.79 Å². The molecule has 0 bridgehead atoms. The molecule has 0 spiro atoms. The zero-order chi connectivity index (χ0) is 14.7. The van der Waals surface area contributed by atoms with Gasteiger partial charge in [0.1, 0.15) is 0 Å². The van der Waals surface area contributed by atoms with Crippen molar-refractivity contribution in [2.45, 2.75) is 40.4 Å². The number of carbonyl (C=O) groups is 1. The van der Waals surface area contributed by atoms with Crippen LogP contribution in [0.3, 0.4) is 0 Å². The highest BCUT2D eigenvalue weighted by molar-refractivity contribution is 9.10. The van der Waals surface area contributed by atoms with Gasteiger partial charge >= 0.3 is 0 Å². The summed E-state index contributed by atoms with van der Waals surface area (Å²) >= 11 is 3.44. The number of aromatic nitrogens is 4. The zero-order valence-electron chi connectivity index (χ0n) is 11.9. The molecule has 0 saturated heterocycles. The van der Waals surface area contributed by atoms with Crippen LogP contribution in [0, 0.1) is 6.92 Å². The van der Waals surface area contributed by atoms with E-state index in [0.717, 1.165) is 29.0 Å². The second-order valence-electron chi connectivity index (χ2n) is 4.40. The summed E-state index contributed by atoms with van der Waals surface area (Å²) in [5, 5.41) is 11.3. The largest absolute Gasteiger partial charge is 0.346 e. The van der Waals surface area contributed by atoms with Gasteiger partial charge in [-0.15, -0.1) is 0 Å². The molecule has 7 heteroatoms. The van der Waals surface area contributed by atoms with Crippen molar-refractivity contribution in [2.75, 3.05) is 0 Å². The van der Waals surface area contributed by atoms with Crippen LogP contribution >= 0.6 is 15.9 Å². The molecule has 0 saturated carbocycles. The Hall–Kier alpha value is -1.63. The first-order valence-electron chi connectivity index (χ1n) is 6.59. The number of hydrogen-bond donors (Lipinski definition) is 1. The molecular weight excluding hydrogens is 322 g/mol. The van der Waals surface area contributed by atoms with E-state index in [1.165, 1.54) is 0 Å². The van der Waals surface area contributed by atoms with Crippen molar-refractivity contribution in [3.8, 4) is 0 Å². The minimum atomic E-state index is -0.113. The van der Waals surface area contributed by atoms with E-state index in [1.807, 2.05) is 25.5 Å². The lowest BCUT2D eigenvalue weighted by Gasteiger charge is -2.08. The number of rotatable bonds is 5. The Morgan fingerprint density at radius 3 is 2.50 bits per heavy atom. The quantitative estimate of drug-likeness (QED) is 0.907. The molecule has 1 N–H and O–H groups in total. The fraction of sp³-hybridized carbons (Fsp3) is 0.462. The molecule has 0 aliphatic rings. The molecule has 1 amide bonds. The Morgan fingerprint density at radius 2 is 1.90 bits per heavy atom. The van der Waals surface area contributed by atoms with Crippen molar-refractivity contribution in [2.24, 2.45) is 0 Å². The summed E-state index contributed by atoms with van der Waals surface area (Å²) in [6.07, 6.45) is 3.35. The Bertz CT molecular complexity index is 616. The van der Waals surface area contributed by atoms with Crippen molar-refractivity contribution in [3.63, 3.8) is 0 Å². The smallest absolute Gasteiger partial charge is 0.255 e. The zero-order valence-corrected chi connectivity index (χ0v) is 13.4. The SMILES string of the molecule is CCn1ncc(C(=O)NCc2c(Br)cnn2CC)c1C. The first-order valence-corrected chi connectivity index (χ1v) is 7.38. The molecule has 2 aromatic heterocycles. The first kappa shape index (κ1) is 14.8. The molecule has 108 valence electrons. The maximum atomic E-state index is 12.2. The van der Waals surface area contributed by atoms with Gasteiger partial charge in [-0.1, -0.05) is 0 Å². The molecule has 0 aromatic carbocycles. The van der Waals surface area contributed by atoms with E-state index in [4.69, 9.17) is 0 Å². The molecule has 2 rings (SSSR count). The average molecular weight is 340 g/mol. The maximum Gasteiger partial charge on any atom is 0.255 e. The van der Waals surface area contributed by atoms with Gasteiger partial charge in [0.25, 0.3) is 5.91 Å². The Kier molecular flexibility index (Phi) is 4.59. The van der Waals surface area contributed by atoms with Crippen LogP contribution in [0.1, 0.15) is 35.6 Å².